The highest BCUT2D eigenvalue weighted by molar-refractivity contribution is 7.99. The summed E-state index contributed by atoms with van der Waals surface area (Å²) in [5.41, 5.74) is 2.40. The van der Waals surface area contributed by atoms with Gasteiger partial charge >= 0.3 is 0 Å². The number of rotatable bonds is 11. The smallest absolute Gasteiger partial charge is 0.251 e. The molecule has 1 amide bonds. The van der Waals surface area contributed by atoms with Crippen LogP contribution in [0.4, 0.5) is 5.82 Å². The van der Waals surface area contributed by atoms with E-state index in [4.69, 9.17) is 4.74 Å². The minimum absolute atomic E-state index is 0.0836. The second kappa shape index (κ2) is 10.9. The highest BCUT2D eigenvalue weighted by atomic mass is 32.2. The van der Waals surface area contributed by atoms with Crippen molar-refractivity contribution in [1.29, 1.82) is 0 Å². The van der Waals surface area contributed by atoms with E-state index in [0.29, 0.717) is 43.6 Å². The van der Waals surface area contributed by atoms with Gasteiger partial charge in [0.1, 0.15) is 5.82 Å². The summed E-state index contributed by atoms with van der Waals surface area (Å²) in [6.45, 7) is 8.90. The van der Waals surface area contributed by atoms with Crippen LogP contribution in [-0.2, 0) is 11.3 Å². The molecule has 3 aromatic rings. The Balaban J connectivity index is 1.71. The topological polar surface area (TPSA) is 94.0 Å². The Kier molecular flexibility index (Phi) is 8.04. The summed E-state index contributed by atoms with van der Waals surface area (Å²) in [7, 11) is 0. The van der Waals surface area contributed by atoms with E-state index in [2.05, 4.69) is 32.6 Å². The van der Waals surface area contributed by atoms with Crippen LogP contribution in [0.5, 0.6) is 0 Å². The summed E-state index contributed by atoms with van der Waals surface area (Å²) in [6, 6.07) is 7.55. The van der Waals surface area contributed by atoms with Crippen molar-refractivity contribution in [2.75, 3.05) is 37.4 Å². The van der Waals surface area contributed by atoms with Gasteiger partial charge in [0.2, 0.25) is 0 Å². The summed E-state index contributed by atoms with van der Waals surface area (Å²) in [5, 5.41) is 12.3. The van der Waals surface area contributed by atoms with Crippen LogP contribution in [0.2, 0.25) is 0 Å². The average Bonchev–Trinajstić information content (AvgIpc) is 3.15. The molecule has 1 aromatic carbocycles. The van der Waals surface area contributed by atoms with Gasteiger partial charge in [-0.3, -0.25) is 4.79 Å². The number of thioether (sulfide) groups is 1. The number of aryl methyl sites for hydroxylation is 1. The van der Waals surface area contributed by atoms with Crippen molar-refractivity contribution in [3.05, 3.63) is 41.6 Å². The van der Waals surface area contributed by atoms with Crippen molar-refractivity contribution in [3.63, 3.8) is 0 Å². The Morgan fingerprint density at radius 3 is 2.80 bits per heavy atom. The van der Waals surface area contributed by atoms with Gasteiger partial charge in [0.15, 0.2) is 10.8 Å². The molecule has 2 aromatic heterocycles. The summed E-state index contributed by atoms with van der Waals surface area (Å²) in [4.78, 5) is 21.7. The molecule has 8 nitrogen and oxygen atoms in total. The largest absolute Gasteiger partial charge is 0.380 e. The third-order valence-corrected chi connectivity index (χ3v) is 5.22. The van der Waals surface area contributed by atoms with Crippen LogP contribution in [0, 0.1) is 6.92 Å². The van der Waals surface area contributed by atoms with Crippen LogP contribution in [0.3, 0.4) is 0 Å². The van der Waals surface area contributed by atoms with Crippen LogP contribution in [0.15, 0.2) is 35.6 Å². The van der Waals surface area contributed by atoms with Crippen LogP contribution in [-0.4, -0.2) is 57.7 Å². The maximum Gasteiger partial charge on any atom is 0.251 e. The van der Waals surface area contributed by atoms with Crippen molar-refractivity contribution >= 4 is 34.5 Å². The Bertz CT molecular complexity index is 991. The van der Waals surface area contributed by atoms with Crippen molar-refractivity contribution in [2.24, 2.45) is 0 Å². The number of fused-ring (bicyclic) bond motifs is 1. The lowest BCUT2D eigenvalue weighted by molar-refractivity contribution is 0.0951. The van der Waals surface area contributed by atoms with Crippen molar-refractivity contribution in [3.8, 4) is 0 Å². The number of nitrogens with zero attached hydrogens (tertiary/aromatic N) is 4. The second-order valence-corrected chi connectivity index (χ2v) is 7.82. The number of aromatic nitrogens is 4. The normalized spacial score (nSPS) is 11.0. The first-order chi connectivity index (χ1) is 14.6. The van der Waals surface area contributed by atoms with E-state index >= 15 is 0 Å². The molecule has 3 rings (SSSR count). The number of carbonyl (C=O) groups is 1. The highest BCUT2D eigenvalue weighted by Crippen LogP contribution is 2.24. The van der Waals surface area contributed by atoms with Gasteiger partial charge in [-0.05, 0) is 31.2 Å². The quantitative estimate of drug-likeness (QED) is 0.275. The molecule has 0 aliphatic heterocycles. The molecule has 0 saturated heterocycles. The SMILES string of the molecule is CCOCCNc1nc(SCC)nc2c1cnn2CCNC(=O)c1ccccc1C. The number of nitrogens with one attached hydrogen (secondary N) is 2. The Morgan fingerprint density at radius 1 is 1.20 bits per heavy atom. The minimum Gasteiger partial charge on any atom is -0.380 e. The first-order valence-electron chi connectivity index (χ1n) is 10.2. The summed E-state index contributed by atoms with van der Waals surface area (Å²) < 4.78 is 7.21. The zero-order valence-corrected chi connectivity index (χ0v) is 18.5. The maximum absolute atomic E-state index is 12.4. The molecule has 30 heavy (non-hydrogen) atoms. The van der Waals surface area contributed by atoms with E-state index in [9.17, 15) is 4.79 Å². The standard InChI is InChI=1S/C21H28N6O2S/c1-4-29-13-11-22-18-17-14-24-27(19(17)26-21(25-18)30-5-2)12-10-23-20(28)16-9-7-6-8-15(16)3/h6-9,14H,4-5,10-13H2,1-3H3,(H,23,28)(H,22,25,26). The number of ether oxygens (including phenoxy) is 1. The predicted molar refractivity (Wildman–Crippen MR) is 120 cm³/mol. The Morgan fingerprint density at radius 2 is 2.03 bits per heavy atom. The van der Waals surface area contributed by atoms with Crippen molar-refractivity contribution in [1.82, 2.24) is 25.1 Å². The minimum atomic E-state index is -0.0836. The van der Waals surface area contributed by atoms with Gasteiger partial charge in [-0.15, -0.1) is 0 Å². The van der Waals surface area contributed by atoms with Gasteiger partial charge in [0.05, 0.1) is 24.7 Å². The van der Waals surface area contributed by atoms with Gasteiger partial charge < -0.3 is 15.4 Å². The fraction of sp³-hybridized carbons (Fsp3) is 0.429. The summed E-state index contributed by atoms with van der Waals surface area (Å²) >= 11 is 1.58. The van der Waals surface area contributed by atoms with Gasteiger partial charge in [-0.2, -0.15) is 5.10 Å². The molecule has 0 fully saturated rings. The fourth-order valence-electron chi connectivity index (χ4n) is 3.01. The second-order valence-electron chi connectivity index (χ2n) is 6.59. The van der Waals surface area contributed by atoms with Crippen LogP contribution in [0.25, 0.3) is 11.0 Å². The average molecular weight is 429 g/mol. The third-order valence-electron chi connectivity index (χ3n) is 4.49. The molecule has 0 spiro atoms. The monoisotopic (exact) mass is 428 g/mol. The molecule has 0 bridgehead atoms. The fourth-order valence-corrected chi connectivity index (χ4v) is 3.58. The molecule has 0 unspecified atom stereocenters. The van der Waals surface area contributed by atoms with E-state index in [-0.39, 0.29) is 5.91 Å². The van der Waals surface area contributed by atoms with Crippen molar-refractivity contribution < 1.29 is 9.53 Å². The lowest BCUT2D eigenvalue weighted by Gasteiger charge is -2.10. The molecule has 0 atom stereocenters. The first kappa shape index (κ1) is 22.0. The van der Waals surface area contributed by atoms with E-state index in [1.54, 1.807) is 18.0 Å². The zero-order valence-electron chi connectivity index (χ0n) is 17.6. The van der Waals surface area contributed by atoms with E-state index in [0.717, 1.165) is 28.2 Å². The molecule has 160 valence electrons. The maximum atomic E-state index is 12.4. The lowest BCUT2D eigenvalue weighted by atomic mass is 10.1. The molecule has 0 saturated carbocycles. The molecule has 2 N–H and O–H groups in total. The number of hydrogen-bond acceptors (Lipinski definition) is 7. The van der Waals surface area contributed by atoms with Crippen LogP contribution >= 0.6 is 11.8 Å². The van der Waals surface area contributed by atoms with Crippen molar-refractivity contribution in [2.45, 2.75) is 32.5 Å². The molecule has 0 aliphatic carbocycles. The number of benzene rings is 1. The molecular weight excluding hydrogens is 400 g/mol. The lowest BCUT2D eigenvalue weighted by Crippen LogP contribution is -2.28. The number of anilines is 1. The van der Waals surface area contributed by atoms with Gasteiger partial charge in [-0.1, -0.05) is 36.9 Å². The molecular formula is C21H28N6O2S. The van der Waals surface area contributed by atoms with Gasteiger partial charge in [0, 0.05) is 25.3 Å². The Hall–Kier alpha value is -2.65. The summed E-state index contributed by atoms with van der Waals surface area (Å²) in [5.74, 6) is 1.55. The highest BCUT2D eigenvalue weighted by Gasteiger charge is 2.14. The Labute approximate surface area is 180 Å². The summed E-state index contributed by atoms with van der Waals surface area (Å²) in [6.07, 6.45) is 1.77. The number of amides is 1. The first-order valence-corrected chi connectivity index (χ1v) is 11.1. The third kappa shape index (κ3) is 5.48. The molecule has 9 heteroatoms. The molecule has 0 aliphatic rings. The number of hydrogen-bond donors (Lipinski definition) is 2. The molecule has 0 radical (unpaired) electrons. The van der Waals surface area contributed by atoms with E-state index < -0.39 is 0 Å². The van der Waals surface area contributed by atoms with Crippen LogP contribution < -0.4 is 10.6 Å². The van der Waals surface area contributed by atoms with Crippen LogP contribution in [0.1, 0.15) is 29.8 Å². The molecule has 2 heterocycles. The zero-order chi connectivity index (χ0) is 21.3. The predicted octanol–water partition coefficient (Wildman–Crippen LogP) is 3.13. The van der Waals surface area contributed by atoms with Gasteiger partial charge in [-0.25, -0.2) is 14.6 Å². The number of carbonyl (C=O) groups excluding carboxylic acids is 1. The van der Waals surface area contributed by atoms with Gasteiger partial charge in [0.25, 0.3) is 5.91 Å². The van der Waals surface area contributed by atoms with E-state index in [1.807, 2.05) is 42.8 Å². The van der Waals surface area contributed by atoms with E-state index in [1.165, 1.54) is 0 Å².